The van der Waals surface area contributed by atoms with E-state index >= 15 is 0 Å². The Bertz CT molecular complexity index is 802. The zero-order valence-corrected chi connectivity index (χ0v) is 13.8. The number of amides is 3. The Morgan fingerprint density at radius 1 is 1.13 bits per heavy atom. The Morgan fingerprint density at radius 3 is 2.52 bits per heavy atom. The average molecular weight is 345 g/mol. The molecule has 1 aliphatic heterocycles. The lowest BCUT2D eigenvalue weighted by molar-refractivity contribution is -0.113. The minimum Gasteiger partial charge on any atom is -0.302 e. The van der Waals surface area contributed by atoms with Gasteiger partial charge in [-0.05, 0) is 48.2 Å². The molecule has 0 spiro atoms. The number of benzene rings is 2. The Kier molecular flexibility index (Phi) is 4.41. The van der Waals surface area contributed by atoms with E-state index in [1.54, 1.807) is 42.1 Å². The summed E-state index contributed by atoms with van der Waals surface area (Å²) in [6.07, 6.45) is 3.66. The summed E-state index contributed by atoms with van der Waals surface area (Å²) in [5.41, 5.74) is 1.53. The van der Waals surface area contributed by atoms with E-state index in [-0.39, 0.29) is 5.70 Å². The van der Waals surface area contributed by atoms with E-state index in [4.69, 9.17) is 11.6 Å². The fourth-order valence-electron chi connectivity index (χ4n) is 2.25. The number of nitrogens with one attached hydrogen (secondary N) is 1. The van der Waals surface area contributed by atoms with Crippen LogP contribution in [0.4, 0.5) is 10.5 Å². The third-order valence-electron chi connectivity index (χ3n) is 3.37. The molecule has 0 unspecified atom stereocenters. The van der Waals surface area contributed by atoms with Crippen LogP contribution in [0.1, 0.15) is 5.56 Å². The molecule has 1 aliphatic rings. The van der Waals surface area contributed by atoms with Crippen molar-refractivity contribution in [3.63, 3.8) is 0 Å². The number of rotatable bonds is 3. The van der Waals surface area contributed by atoms with Crippen LogP contribution in [0.5, 0.6) is 0 Å². The summed E-state index contributed by atoms with van der Waals surface area (Å²) >= 11 is 7.57. The van der Waals surface area contributed by atoms with Crippen molar-refractivity contribution in [1.29, 1.82) is 0 Å². The van der Waals surface area contributed by atoms with Gasteiger partial charge in [-0.3, -0.25) is 4.79 Å². The van der Waals surface area contributed by atoms with Crippen molar-refractivity contribution < 1.29 is 9.59 Å². The van der Waals surface area contributed by atoms with Crippen molar-refractivity contribution in [2.45, 2.75) is 4.90 Å². The van der Waals surface area contributed by atoms with E-state index in [2.05, 4.69) is 5.32 Å². The molecule has 23 heavy (non-hydrogen) atoms. The zero-order chi connectivity index (χ0) is 16.4. The van der Waals surface area contributed by atoms with Gasteiger partial charge < -0.3 is 5.32 Å². The van der Waals surface area contributed by atoms with Gasteiger partial charge in [0.15, 0.2) is 0 Å². The molecule has 1 N–H and O–H groups in total. The van der Waals surface area contributed by atoms with Gasteiger partial charge in [0.2, 0.25) is 0 Å². The SMILES string of the molecule is CSc1ccc(/C=C2\NC(=O)N(c3cccc(Cl)c3)C2=O)cc1. The van der Waals surface area contributed by atoms with Crippen LogP contribution < -0.4 is 10.2 Å². The molecule has 0 aromatic heterocycles. The quantitative estimate of drug-likeness (QED) is 0.516. The van der Waals surface area contributed by atoms with Crippen molar-refractivity contribution >= 4 is 47.1 Å². The molecule has 3 amide bonds. The first-order chi connectivity index (χ1) is 11.1. The monoisotopic (exact) mass is 344 g/mol. The molecule has 0 radical (unpaired) electrons. The summed E-state index contributed by atoms with van der Waals surface area (Å²) in [7, 11) is 0. The van der Waals surface area contributed by atoms with Crippen LogP contribution in [-0.2, 0) is 4.79 Å². The van der Waals surface area contributed by atoms with E-state index in [1.165, 1.54) is 0 Å². The molecular weight excluding hydrogens is 332 g/mol. The van der Waals surface area contributed by atoms with Crippen LogP contribution in [0.15, 0.2) is 59.1 Å². The number of hydrogen-bond donors (Lipinski definition) is 1. The van der Waals surface area contributed by atoms with E-state index in [0.29, 0.717) is 10.7 Å². The smallest absolute Gasteiger partial charge is 0.302 e. The van der Waals surface area contributed by atoms with E-state index in [0.717, 1.165) is 15.4 Å². The molecule has 0 saturated carbocycles. The van der Waals surface area contributed by atoms with E-state index in [1.807, 2.05) is 30.5 Å². The molecular formula is C17H13ClN2O2S. The Balaban J connectivity index is 1.89. The Hall–Kier alpha value is -2.24. The van der Waals surface area contributed by atoms with Crippen LogP contribution in [0.25, 0.3) is 6.08 Å². The molecule has 1 saturated heterocycles. The number of thioether (sulfide) groups is 1. The highest BCUT2D eigenvalue weighted by atomic mass is 35.5. The van der Waals surface area contributed by atoms with Gasteiger partial charge in [-0.25, -0.2) is 9.69 Å². The maximum atomic E-state index is 12.5. The molecule has 0 bridgehead atoms. The summed E-state index contributed by atoms with van der Waals surface area (Å²) in [6.45, 7) is 0. The normalized spacial score (nSPS) is 16.1. The van der Waals surface area contributed by atoms with Gasteiger partial charge in [-0.1, -0.05) is 29.8 Å². The van der Waals surface area contributed by atoms with Gasteiger partial charge in [-0.15, -0.1) is 11.8 Å². The van der Waals surface area contributed by atoms with E-state index in [9.17, 15) is 9.59 Å². The van der Waals surface area contributed by atoms with Crippen LogP contribution in [0.2, 0.25) is 5.02 Å². The maximum Gasteiger partial charge on any atom is 0.333 e. The highest BCUT2D eigenvalue weighted by Gasteiger charge is 2.34. The van der Waals surface area contributed by atoms with E-state index < -0.39 is 11.9 Å². The lowest BCUT2D eigenvalue weighted by Crippen LogP contribution is -2.30. The van der Waals surface area contributed by atoms with Crippen LogP contribution in [0, 0.1) is 0 Å². The summed E-state index contributed by atoms with van der Waals surface area (Å²) < 4.78 is 0. The third kappa shape index (κ3) is 3.25. The lowest BCUT2D eigenvalue weighted by atomic mass is 10.2. The van der Waals surface area contributed by atoms with Crippen LogP contribution in [-0.4, -0.2) is 18.2 Å². The number of urea groups is 1. The molecule has 3 rings (SSSR count). The van der Waals surface area contributed by atoms with Crippen molar-refractivity contribution in [2.24, 2.45) is 0 Å². The molecule has 2 aromatic carbocycles. The average Bonchev–Trinajstić information content (AvgIpc) is 2.82. The predicted molar refractivity (Wildman–Crippen MR) is 93.7 cm³/mol. The second-order valence-corrected chi connectivity index (χ2v) is 6.20. The fraction of sp³-hybridized carbons (Fsp3) is 0.0588. The first-order valence-corrected chi connectivity index (χ1v) is 8.45. The number of hydrogen-bond acceptors (Lipinski definition) is 3. The van der Waals surface area contributed by atoms with Gasteiger partial charge in [0, 0.05) is 9.92 Å². The topological polar surface area (TPSA) is 49.4 Å². The fourth-order valence-corrected chi connectivity index (χ4v) is 2.84. The Labute approximate surface area is 143 Å². The van der Waals surface area contributed by atoms with Crippen molar-refractivity contribution in [3.8, 4) is 0 Å². The first-order valence-electron chi connectivity index (χ1n) is 6.85. The highest BCUT2D eigenvalue weighted by Crippen LogP contribution is 2.25. The molecule has 1 fully saturated rings. The van der Waals surface area contributed by atoms with Gasteiger partial charge in [0.05, 0.1) is 5.69 Å². The van der Waals surface area contributed by atoms with Gasteiger partial charge in [0.25, 0.3) is 5.91 Å². The lowest BCUT2D eigenvalue weighted by Gasteiger charge is -2.11. The van der Waals surface area contributed by atoms with Gasteiger partial charge in [-0.2, -0.15) is 0 Å². The number of nitrogens with zero attached hydrogens (tertiary/aromatic N) is 1. The van der Waals surface area contributed by atoms with Crippen molar-refractivity contribution in [2.75, 3.05) is 11.2 Å². The standard InChI is InChI=1S/C17H13ClN2O2S/c1-23-14-7-5-11(6-8-14)9-15-16(21)20(17(22)19-15)13-4-2-3-12(18)10-13/h2-10H,1H3,(H,19,22)/b15-9-. The summed E-state index contributed by atoms with van der Waals surface area (Å²) in [6, 6.07) is 13.9. The van der Waals surface area contributed by atoms with Crippen LogP contribution in [0.3, 0.4) is 0 Å². The molecule has 116 valence electrons. The summed E-state index contributed by atoms with van der Waals surface area (Å²) in [5, 5.41) is 3.06. The van der Waals surface area contributed by atoms with Crippen molar-refractivity contribution in [3.05, 3.63) is 64.8 Å². The molecule has 0 aliphatic carbocycles. The largest absolute Gasteiger partial charge is 0.333 e. The third-order valence-corrected chi connectivity index (χ3v) is 4.35. The number of anilines is 1. The minimum atomic E-state index is -0.482. The zero-order valence-electron chi connectivity index (χ0n) is 12.2. The summed E-state index contributed by atoms with van der Waals surface area (Å²) in [4.78, 5) is 26.8. The molecule has 6 heteroatoms. The van der Waals surface area contributed by atoms with Gasteiger partial charge >= 0.3 is 6.03 Å². The van der Waals surface area contributed by atoms with Crippen molar-refractivity contribution in [1.82, 2.24) is 5.32 Å². The summed E-state index contributed by atoms with van der Waals surface area (Å²) in [5.74, 6) is -0.397. The Morgan fingerprint density at radius 2 is 1.87 bits per heavy atom. The number of imide groups is 1. The maximum absolute atomic E-state index is 12.5. The number of carbonyl (C=O) groups is 2. The number of carbonyl (C=O) groups excluding carboxylic acids is 2. The first kappa shape index (κ1) is 15.6. The second-order valence-electron chi connectivity index (χ2n) is 4.88. The molecule has 1 heterocycles. The highest BCUT2D eigenvalue weighted by molar-refractivity contribution is 7.98. The van der Waals surface area contributed by atoms with Crippen LogP contribution >= 0.6 is 23.4 Å². The number of halogens is 1. The molecule has 2 aromatic rings. The van der Waals surface area contributed by atoms with Gasteiger partial charge in [0.1, 0.15) is 5.70 Å². The minimum absolute atomic E-state index is 0.242. The second kappa shape index (κ2) is 6.48. The molecule has 0 atom stereocenters. The molecule has 4 nitrogen and oxygen atoms in total. The predicted octanol–water partition coefficient (Wildman–Crippen LogP) is 4.16.